The van der Waals surface area contributed by atoms with Crippen LogP contribution < -0.4 is 5.73 Å². The zero-order chi connectivity index (χ0) is 10.7. The SMILES string of the molecule is CC(N)c1ccc(CN(C)C)c(Cl)c1. The van der Waals surface area contributed by atoms with Gasteiger partial charge in [0.1, 0.15) is 0 Å². The molecule has 0 spiro atoms. The van der Waals surface area contributed by atoms with Gasteiger partial charge in [-0.1, -0.05) is 23.7 Å². The van der Waals surface area contributed by atoms with E-state index in [1.807, 2.05) is 39.2 Å². The first-order valence-electron chi connectivity index (χ1n) is 4.69. The maximum absolute atomic E-state index is 6.14. The first-order valence-corrected chi connectivity index (χ1v) is 5.07. The molecule has 0 amide bonds. The monoisotopic (exact) mass is 212 g/mol. The third-order valence-electron chi connectivity index (χ3n) is 2.09. The van der Waals surface area contributed by atoms with Crippen LogP contribution in [0.4, 0.5) is 0 Å². The summed E-state index contributed by atoms with van der Waals surface area (Å²) >= 11 is 6.14. The summed E-state index contributed by atoms with van der Waals surface area (Å²) in [7, 11) is 4.05. The Bertz CT molecular complexity index is 308. The fourth-order valence-electron chi connectivity index (χ4n) is 1.32. The predicted octanol–water partition coefficient (Wildman–Crippen LogP) is 2.42. The Morgan fingerprint density at radius 2 is 2.07 bits per heavy atom. The summed E-state index contributed by atoms with van der Waals surface area (Å²) in [5.41, 5.74) is 7.99. The number of hydrogen-bond acceptors (Lipinski definition) is 2. The Hall–Kier alpha value is -0.570. The van der Waals surface area contributed by atoms with Gasteiger partial charge in [-0.3, -0.25) is 0 Å². The lowest BCUT2D eigenvalue weighted by Gasteiger charge is -2.13. The standard InChI is InChI=1S/C11H17ClN2/c1-8(13)9-4-5-10(7-14(2)3)11(12)6-9/h4-6,8H,7,13H2,1-3H3. The highest BCUT2D eigenvalue weighted by atomic mass is 35.5. The zero-order valence-corrected chi connectivity index (χ0v) is 9.67. The van der Waals surface area contributed by atoms with Crippen LogP contribution in [0.2, 0.25) is 5.02 Å². The van der Waals surface area contributed by atoms with Crippen LogP contribution in [0.5, 0.6) is 0 Å². The summed E-state index contributed by atoms with van der Waals surface area (Å²) in [5, 5.41) is 0.800. The predicted molar refractivity (Wildman–Crippen MR) is 61.4 cm³/mol. The lowest BCUT2D eigenvalue weighted by molar-refractivity contribution is 0.402. The molecule has 3 heteroatoms. The van der Waals surface area contributed by atoms with E-state index in [9.17, 15) is 0 Å². The molecule has 1 aromatic rings. The third-order valence-corrected chi connectivity index (χ3v) is 2.44. The molecule has 0 heterocycles. The van der Waals surface area contributed by atoms with Crippen LogP contribution in [0.3, 0.4) is 0 Å². The van der Waals surface area contributed by atoms with E-state index in [0.29, 0.717) is 0 Å². The fraction of sp³-hybridized carbons (Fsp3) is 0.455. The molecular weight excluding hydrogens is 196 g/mol. The van der Waals surface area contributed by atoms with Gasteiger partial charge in [-0.2, -0.15) is 0 Å². The van der Waals surface area contributed by atoms with E-state index in [2.05, 4.69) is 4.90 Å². The van der Waals surface area contributed by atoms with E-state index in [1.54, 1.807) is 0 Å². The Balaban J connectivity index is 2.90. The fourth-order valence-corrected chi connectivity index (χ4v) is 1.56. The van der Waals surface area contributed by atoms with Gasteiger partial charge < -0.3 is 10.6 Å². The summed E-state index contributed by atoms with van der Waals surface area (Å²) in [6, 6.07) is 6.07. The van der Waals surface area contributed by atoms with Crippen molar-refractivity contribution in [2.24, 2.45) is 5.73 Å². The van der Waals surface area contributed by atoms with Crippen molar-refractivity contribution in [2.75, 3.05) is 14.1 Å². The van der Waals surface area contributed by atoms with Gasteiger partial charge in [0.05, 0.1) is 0 Å². The van der Waals surface area contributed by atoms with Crippen LogP contribution in [0.15, 0.2) is 18.2 Å². The Morgan fingerprint density at radius 1 is 1.43 bits per heavy atom. The van der Waals surface area contributed by atoms with Crippen molar-refractivity contribution in [2.45, 2.75) is 19.5 Å². The second kappa shape index (κ2) is 4.78. The second-order valence-electron chi connectivity index (χ2n) is 3.88. The lowest BCUT2D eigenvalue weighted by atomic mass is 10.1. The third kappa shape index (κ3) is 2.98. The van der Waals surface area contributed by atoms with E-state index < -0.39 is 0 Å². The van der Waals surface area contributed by atoms with E-state index in [4.69, 9.17) is 17.3 Å². The summed E-state index contributed by atoms with van der Waals surface area (Å²) < 4.78 is 0. The highest BCUT2D eigenvalue weighted by molar-refractivity contribution is 6.31. The molecule has 14 heavy (non-hydrogen) atoms. The number of rotatable bonds is 3. The van der Waals surface area contributed by atoms with E-state index in [1.165, 1.54) is 0 Å². The highest BCUT2D eigenvalue weighted by Crippen LogP contribution is 2.21. The Morgan fingerprint density at radius 3 is 2.50 bits per heavy atom. The van der Waals surface area contributed by atoms with Crippen LogP contribution in [0.1, 0.15) is 24.1 Å². The first kappa shape index (κ1) is 11.5. The van der Waals surface area contributed by atoms with Gasteiger partial charge in [0, 0.05) is 17.6 Å². The number of halogens is 1. The second-order valence-corrected chi connectivity index (χ2v) is 4.28. The van der Waals surface area contributed by atoms with Crippen molar-refractivity contribution < 1.29 is 0 Å². The first-order chi connectivity index (χ1) is 6.50. The quantitative estimate of drug-likeness (QED) is 0.834. The molecule has 0 saturated carbocycles. The molecule has 0 bridgehead atoms. The normalized spacial score (nSPS) is 13.3. The minimum Gasteiger partial charge on any atom is -0.324 e. The van der Waals surface area contributed by atoms with E-state index >= 15 is 0 Å². The molecule has 1 rings (SSSR count). The van der Waals surface area contributed by atoms with Crippen molar-refractivity contribution in [1.82, 2.24) is 4.90 Å². The molecule has 0 aliphatic rings. The summed E-state index contributed by atoms with van der Waals surface area (Å²) in [6.07, 6.45) is 0. The van der Waals surface area contributed by atoms with Crippen LogP contribution in [-0.2, 0) is 6.54 Å². The van der Waals surface area contributed by atoms with Crippen molar-refractivity contribution in [3.8, 4) is 0 Å². The van der Waals surface area contributed by atoms with Gasteiger partial charge in [0.15, 0.2) is 0 Å². The molecule has 0 radical (unpaired) electrons. The minimum absolute atomic E-state index is 0.0425. The average molecular weight is 213 g/mol. The molecule has 1 aromatic carbocycles. The average Bonchev–Trinajstić information content (AvgIpc) is 2.07. The molecule has 1 unspecified atom stereocenters. The van der Waals surface area contributed by atoms with Crippen molar-refractivity contribution in [3.05, 3.63) is 34.3 Å². The molecule has 2 nitrogen and oxygen atoms in total. The van der Waals surface area contributed by atoms with Crippen molar-refractivity contribution >= 4 is 11.6 Å². The van der Waals surface area contributed by atoms with Crippen LogP contribution in [0.25, 0.3) is 0 Å². The largest absolute Gasteiger partial charge is 0.324 e. The number of hydrogen-bond donors (Lipinski definition) is 1. The van der Waals surface area contributed by atoms with Gasteiger partial charge >= 0.3 is 0 Å². The maximum atomic E-state index is 6.14. The number of benzene rings is 1. The van der Waals surface area contributed by atoms with Gasteiger partial charge in [-0.25, -0.2) is 0 Å². The molecule has 78 valence electrons. The van der Waals surface area contributed by atoms with Crippen molar-refractivity contribution in [3.63, 3.8) is 0 Å². The Kier molecular flexibility index (Phi) is 3.93. The van der Waals surface area contributed by atoms with Gasteiger partial charge in [0.25, 0.3) is 0 Å². The van der Waals surface area contributed by atoms with E-state index in [-0.39, 0.29) is 6.04 Å². The van der Waals surface area contributed by atoms with Gasteiger partial charge in [0.2, 0.25) is 0 Å². The summed E-state index contributed by atoms with van der Waals surface area (Å²) in [4.78, 5) is 2.09. The smallest absolute Gasteiger partial charge is 0.0454 e. The molecule has 1 atom stereocenters. The summed E-state index contributed by atoms with van der Waals surface area (Å²) in [5.74, 6) is 0. The lowest BCUT2D eigenvalue weighted by Crippen LogP contribution is -2.11. The van der Waals surface area contributed by atoms with Gasteiger partial charge in [-0.15, -0.1) is 0 Å². The molecule has 0 aromatic heterocycles. The van der Waals surface area contributed by atoms with Gasteiger partial charge in [-0.05, 0) is 38.2 Å². The number of nitrogens with two attached hydrogens (primary N) is 1. The molecule has 0 aliphatic heterocycles. The maximum Gasteiger partial charge on any atom is 0.0454 e. The van der Waals surface area contributed by atoms with E-state index in [0.717, 1.165) is 22.7 Å². The summed E-state index contributed by atoms with van der Waals surface area (Å²) in [6.45, 7) is 2.81. The molecule has 2 N–H and O–H groups in total. The molecular formula is C11H17ClN2. The minimum atomic E-state index is 0.0425. The highest BCUT2D eigenvalue weighted by Gasteiger charge is 2.05. The van der Waals surface area contributed by atoms with Crippen molar-refractivity contribution in [1.29, 1.82) is 0 Å². The number of nitrogens with zero attached hydrogens (tertiary/aromatic N) is 1. The Labute approximate surface area is 90.7 Å². The van der Waals surface area contributed by atoms with Crippen LogP contribution in [0, 0.1) is 0 Å². The topological polar surface area (TPSA) is 29.3 Å². The molecule has 0 aliphatic carbocycles. The van der Waals surface area contributed by atoms with Crippen LogP contribution >= 0.6 is 11.6 Å². The zero-order valence-electron chi connectivity index (χ0n) is 8.92. The molecule has 0 saturated heterocycles. The molecule has 0 fully saturated rings. The van der Waals surface area contributed by atoms with Crippen LogP contribution in [-0.4, -0.2) is 19.0 Å².